The predicted molar refractivity (Wildman–Crippen MR) is 68.9 cm³/mol. The van der Waals surface area contributed by atoms with Crippen LogP contribution in [0.2, 0.25) is 0 Å². The molecule has 4 N–H and O–H groups in total. The van der Waals surface area contributed by atoms with Gasteiger partial charge in [0.15, 0.2) is 5.82 Å². The molecule has 1 aromatic rings. The summed E-state index contributed by atoms with van der Waals surface area (Å²) in [6.45, 7) is 4.52. The van der Waals surface area contributed by atoms with Crippen LogP contribution in [-0.2, 0) is 0 Å². The van der Waals surface area contributed by atoms with E-state index < -0.39 is 0 Å². The Hall–Kier alpha value is -1.52. The van der Waals surface area contributed by atoms with Crippen LogP contribution in [0.15, 0.2) is 11.1 Å². The molecule has 0 aliphatic heterocycles. The van der Waals surface area contributed by atoms with Gasteiger partial charge in [0.25, 0.3) is 5.56 Å². The van der Waals surface area contributed by atoms with E-state index in [1.54, 1.807) is 0 Å². The summed E-state index contributed by atoms with van der Waals surface area (Å²) in [6.07, 6.45) is 4.92. The average molecular weight is 236 g/mol. The predicted octanol–water partition coefficient (Wildman–Crippen LogP) is 1.59. The molecular weight excluding hydrogens is 216 g/mol. The second-order valence-electron chi connectivity index (χ2n) is 5.14. The molecule has 5 nitrogen and oxygen atoms in total. The van der Waals surface area contributed by atoms with Crippen molar-refractivity contribution in [2.75, 3.05) is 11.1 Å². The van der Waals surface area contributed by atoms with E-state index in [-0.39, 0.29) is 11.2 Å². The maximum Gasteiger partial charge on any atom is 0.276 e. The second kappa shape index (κ2) is 4.77. The van der Waals surface area contributed by atoms with Gasteiger partial charge in [-0.1, -0.05) is 13.8 Å². The van der Waals surface area contributed by atoms with Crippen LogP contribution >= 0.6 is 0 Å². The van der Waals surface area contributed by atoms with Crippen molar-refractivity contribution in [2.45, 2.75) is 39.2 Å². The second-order valence-corrected chi connectivity index (χ2v) is 5.14. The Bertz CT molecular complexity index is 442. The minimum absolute atomic E-state index is 0.179. The lowest BCUT2D eigenvalue weighted by Gasteiger charge is -2.33. The quantitative estimate of drug-likeness (QED) is 0.728. The van der Waals surface area contributed by atoms with Gasteiger partial charge in [0.2, 0.25) is 0 Å². The van der Waals surface area contributed by atoms with Gasteiger partial charge in [0, 0.05) is 6.04 Å². The van der Waals surface area contributed by atoms with Crippen LogP contribution in [-0.4, -0.2) is 16.0 Å². The summed E-state index contributed by atoms with van der Waals surface area (Å²) in [5, 5.41) is 3.30. The summed E-state index contributed by atoms with van der Waals surface area (Å²) >= 11 is 0. The van der Waals surface area contributed by atoms with E-state index in [1.165, 1.54) is 19.2 Å². The van der Waals surface area contributed by atoms with Crippen LogP contribution in [0.5, 0.6) is 0 Å². The van der Waals surface area contributed by atoms with E-state index in [4.69, 9.17) is 5.73 Å². The first kappa shape index (κ1) is 12.0. The highest BCUT2D eigenvalue weighted by molar-refractivity contribution is 5.59. The highest BCUT2D eigenvalue weighted by Gasteiger charge is 2.26. The molecule has 1 aliphatic carbocycles. The lowest BCUT2D eigenvalue weighted by Crippen LogP contribution is -2.34. The molecule has 5 heteroatoms. The van der Waals surface area contributed by atoms with Gasteiger partial charge in [-0.25, -0.2) is 4.98 Å². The van der Waals surface area contributed by atoms with Gasteiger partial charge in [-0.3, -0.25) is 4.79 Å². The van der Waals surface area contributed by atoms with Crippen molar-refractivity contribution in [1.82, 2.24) is 9.97 Å². The Kier molecular flexibility index (Phi) is 3.36. The van der Waals surface area contributed by atoms with Gasteiger partial charge in [-0.15, -0.1) is 0 Å². The van der Waals surface area contributed by atoms with Crippen LogP contribution in [0.25, 0.3) is 0 Å². The topological polar surface area (TPSA) is 83.8 Å². The van der Waals surface area contributed by atoms with E-state index in [9.17, 15) is 4.79 Å². The summed E-state index contributed by atoms with van der Waals surface area (Å²) < 4.78 is 0. The first-order valence-electron chi connectivity index (χ1n) is 6.17. The van der Waals surface area contributed by atoms with Gasteiger partial charge < -0.3 is 16.0 Å². The third-order valence-electron chi connectivity index (χ3n) is 3.64. The van der Waals surface area contributed by atoms with Crippen molar-refractivity contribution in [3.8, 4) is 0 Å². The molecule has 1 fully saturated rings. The molecule has 1 heterocycles. The van der Waals surface area contributed by atoms with E-state index in [2.05, 4.69) is 29.1 Å². The minimum atomic E-state index is -0.278. The smallest absolute Gasteiger partial charge is 0.276 e. The number of nitrogens with two attached hydrogens (primary N) is 1. The Morgan fingerprint density at radius 3 is 2.94 bits per heavy atom. The first-order chi connectivity index (χ1) is 8.08. The van der Waals surface area contributed by atoms with Gasteiger partial charge in [0.05, 0.1) is 6.33 Å². The third-order valence-corrected chi connectivity index (χ3v) is 3.64. The zero-order chi connectivity index (χ0) is 12.4. The highest BCUT2D eigenvalue weighted by Crippen LogP contribution is 2.30. The largest absolute Gasteiger partial charge is 0.391 e. The van der Waals surface area contributed by atoms with Crippen LogP contribution in [0.3, 0.4) is 0 Å². The molecule has 0 spiro atoms. The molecule has 0 saturated heterocycles. The fourth-order valence-corrected chi connectivity index (χ4v) is 2.58. The molecule has 0 bridgehead atoms. The lowest BCUT2D eigenvalue weighted by atomic mass is 9.80. The molecule has 0 aromatic carbocycles. The Labute approximate surface area is 101 Å². The van der Waals surface area contributed by atoms with Crippen molar-refractivity contribution in [1.29, 1.82) is 0 Å². The van der Waals surface area contributed by atoms with Crippen molar-refractivity contribution in [3.05, 3.63) is 16.7 Å². The average Bonchev–Trinajstić information content (AvgIpc) is 2.28. The highest BCUT2D eigenvalue weighted by atomic mass is 16.1. The SMILES string of the molecule is CC1CCC(Nc2nc[nH]c(=O)c2N)C(C)C1. The van der Waals surface area contributed by atoms with Crippen LogP contribution in [0.4, 0.5) is 11.5 Å². The molecular formula is C12H20N4O. The molecule has 1 aliphatic rings. The van der Waals surface area contributed by atoms with E-state index in [0.29, 0.717) is 17.8 Å². The standard InChI is InChI=1S/C12H20N4O/c1-7-3-4-9(8(2)5-7)16-11-10(13)12(17)15-6-14-11/h6-9H,3-5,13H2,1-2H3,(H2,14,15,16,17). The number of aromatic amines is 1. The van der Waals surface area contributed by atoms with Crippen LogP contribution in [0, 0.1) is 11.8 Å². The number of H-pyrrole nitrogens is 1. The summed E-state index contributed by atoms with van der Waals surface area (Å²) in [6, 6.07) is 0.364. The minimum Gasteiger partial charge on any atom is -0.391 e. The number of aromatic nitrogens is 2. The fourth-order valence-electron chi connectivity index (χ4n) is 2.58. The van der Waals surface area contributed by atoms with Gasteiger partial charge >= 0.3 is 0 Å². The van der Waals surface area contributed by atoms with Gasteiger partial charge in [-0.2, -0.15) is 0 Å². The van der Waals surface area contributed by atoms with E-state index in [0.717, 1.165) is 12.3 Å². The number of rotatable bonds is 2. The monoisotopic (exact) mass is 236 g/mol. The summed E-state index contributed by atoms with van der Waals surface area (Å²) in [5.74, 6) is 1.88. The Balaban J connectivity index is 2.10. The summed E-state index contributed by atoms with van der Waals surface area (Å²) in [5.41, 5.74) is 5.60. The van der Waals surface area contributed by atoms with Crippen molar-refractivity contribution in [2.24, 2.45) is 11.8 Å². The molecule has 1 aromatic heterocycles. The zero-order valence-corrected chi connectivity index (χ0v) is 10.4. The zero-order valence-electron chi connectivity index (χ0n) is 10.4. The Morgan fingerprint density at radius 2 is 2.24 bits per heavy atom. The molecule has 17 heavy (non-hydrogen) atoms. The fraction of sp³-hybridized carbons (Fsp3) is 0.667. The van der Waals surface area contributed by atoms with E-state index >= 15 is 0 Å². The first-order valence-corrected chi connectivity index (χ1v) is 6.17. The van der Waals surface area contributed by atoms with E-state index in [1.807, 2.05) is 0 Å². The van der Waals surface area contributed by atoms with Gasteiger partial charge in [0.1, 0.15) is 5.69 Å². The van der Waals surface area contributed by atoms with Crippen molar-refractivity contribution in [3.63, 3.8) is 0 Å². The normalized spacial score (nSPS) is 28.9. The van der Waals surface area contributed by atoms with Gasteiger partial charge in [-0.05, 0) is 31.1 Å². The number of hydrogen-bond donors (Lipinski definition) is 3. The van der Waals surface area contributed by atoms with Crippen LogP contribution in [0.1, 0.15) is 33.1 Å². The molecule has 94 valence electrons. The molecule has 0 amide bonds. The third kappa shape index (κ3) is 2.60. The maximum absolute atomic E-state index is 11.4. The number of nitrogen functional groups attached to an aromatic ring is 1. The molecule has 1 saturated carbocycles. The molecule has 0 radical (unpaired) electrons. The Morgan fingerprint density at radius 1 is 1.47 bits per heavy atom. The molecule has 3 unspecified atom stereocenters. The summed E-state index contributed by atoms with van der Waals surface area (Å²) in [7, 11) is 0. The lowest BCUT2D eigenvalue weighted by molar-refractivity contribution is 0.276. The number of anilines is 2. The maximum atomic E-state index is 11.4. The molecule has 3 atom stereocenters. The van der Waals surface area contributed by atoms with Crippen molar-refractivity contribution < 1.29 is 0 Å². The van der Waals surface area contributed by atoms with Crippen molar-refractivity contribution >= 4 is 11.5 Å². The number of nitrogens with one attached hydrogen (secondary N) is 2. The number of nitrogens with zero attached hydrogens (tertiary/aromatic N) is 1. The summed E-state index contributed by atoms with van der Waals surface area (Å²) in [4.78, 5) is 17.9. The number of hydrogen-bond acceptors (Lipinski definition) is 4. The molecule has 2 rings (SSSR count). The van der Waals surface area contributed by atoms with Crippen LogP contribution < -0.4 is 16.6 Å².